The van der Waals surface area contributed by atoms with Gasteiger partial charge in [0.1, 0.15) is 5.82 Å². The SMILES string of the molecule is CCCn1c(C2CCCN(C(=O)c3c(C)nn(C)c3C)C2)nc2ccccc21. The minimum atomic E-state index is 0.103. The van der Waals surface area contributed by atoms with Crippen LogP contribution in [-0.4, -0.2) is 43.2 Å². The third-order valence-corrected chi connectivity index (χ3v) is 5.93. The number of hydrogen-bond acceptors (Lipinski definition) is 3. The highest BCUT2D eigenvalue weighted by atomic mass is 16.2. The van der Waals surface area contributed by atoms with Crippen molar-refractivity contribution < 1.29 is 4.79 Å². The van der Waals surface area contributed by atoms with Gasteiger partial charge in [-0.3, -0.25) is 9.48 Å². The fraction of sp³-hybridized carbons (Fsp3) is 0.500. The topological polar surface area (TPSA) is 56.0 Å². The number of likely N-dealkylation sites (tertiary alicyclic amines) is 1. The molecular formula is C22H29N5O. The molecule has 6 nitrogen and oxygen atoms in total. The number of para-hydroxylation sites is 2. The molecule has 4 rings (SSSR count). The van der Waals surface area contributed by atoms with E-state index < -0.39 is 0 Å². The van der Waals surface area contributed by atoms with Gasteiger partial charge in [-0.1, -0.05) is 19.1 Å². The van der Waals surface area contributed by atoms with E-state index in [0.29, 0.717) is 0 Å². The quantitative estimate of drug-likeness (QED) is 0.692. The third-order valence-electron chi connectivity index (χ3n) is 5.93. The molecule has 3 aromatic rings. The van der Waals surface area contributed by atoms with E-state index in [1.54, 1.807) is 4.68 Å². The van der Waals surface area contributed by atoms with E-state index in [-0.39, 0.29) is 11.8 Å². The summed E-state index contributed by atoms with van der Waals surface area (Å²) in [6, 6.07) is 8.35. The monoisotopic (exact) mass is 379 g/mol. The Morgan fingerprint density at radius 3 is 2.75 bits per heavy atom. The summed E-state index contributed by atoms with van der Waals surface area (Å²) in [5.74, 6) is 1.50. The molecule has 0 aliphatic carbocycles. The van der Waals surface area contributed by atoms with Crippen LogP contribution in [0.3, 0.4) is 0 Å². The van der Waals surface area contributed by atoms with E-state index in [9.17, 15) is 4.79 Å². The van der Waals surface area contributed by atoms with E-state index >= 15 is 0 Å². The van der Waals surface area contributed by atoms with E-state index in [1.807, 2.05) is 31.9 Å². The maximum absolute atomic E-state index is 13.3. The van der Waals surface area contributed by atoms with Crippen molar-refractivity contribution in [1.29, 1.82) is 0 Å². The Morgan fingerprint density at radius 1 is 1.25 bits per heavy atom. The molecule has 148 valence electrons. The molecule has 1 aromatic carbocycles. The number of nitrogens with zero attached hydrogens (tertiary/aromatic N) is 5. The van der Waals surface area contributed by atoms with Gasteiger partial charge in [-0.25, -0.2) is 4.98 Å². The summed E-state index contributed by atoms with van der Waals surface area (Å²) in [5, 5.41) is 4.42. The second kappa shape index (κ2) is 7.41. The van der Waals surface area contributed by atoms with Crippen LogP contribution in [0.2, 0.25) is 0 Å². The number of piperidine rings is 1. The summed E-state index contributed by atoms with van der Waals surface area (Å²) in [5.41, 5.74) is 4.74. The van der Waals surface area contributed by atoms with E-state index in [1.165, 1.54) is 5.52 Å². The van der Waals surface area contributed by atoms with E-state index in [0.717, 1.165) is 67.2 Å². The van der Waals surface area contributed by atoms with Crippen LogP contribution in [0.5, 0.6) is 0 Å². The zero-order valence-corrected chi connectivity index (χ0v) is 17.3. The molecule has 1 amide bonds. The summed E-state index contributed by atoms with van der Waals surface area (Å²) in [7, 11) is 1.89. The average Bonchev–Trinajstić information content (AvgIpc) is 3.19. The van der Waals surface area contributed by atoms with Gasteiger partial charge in [-0.15, -0.1) is 0 Å². The first kappa shape index (κ1) is 18.7. The first-order valence-electron chi connectivity index (χ1n) is 10.3. The predicted octanol–water partition coefficient (Wildman–Crippen LogP) is 3.82. The number of fused-ring (bicyclic) bond motifs is 1. The molecule has 28 heavy (non-hydrogen) atoms. The van der Waals surface area contributed by atoms with Gasteiger partial charge in [-0.2, -0.15) is 5.10 Å². The number of hydrogen-bond donors (Lipinski definition) is 0. The van der Waals surface area contributed by atoms with Crippen molar-refractivity contribution in [1.82, 2.24) is 24.2 Å². The molecule has 0 N–H and O–H groups in total. The summed E-state index contributed by atoms with van der Waals surface area (Å²) in [4.78, 5) is 20.2. The number of carbonyl (C=O) groups excluding carboxylic acids is 1. The van der Waals surface area contributed by atoms with Crippen LogP contribution in [0.15, 0.2) is 24.3 Å². The highest BCUT2D eigenvalue weighted by Gasteiger charge is 2.31. The molecule has 1 aliphatic rings. The zero-order chi connectivity index (χ0) is 19.8. The van der Waals surface area contributed by atoms with Crippen molar-refractivity contribution in [2.24, 2.45) is 7.05 Å². The van der Waals surface area contributed by atoms with Gasteiger partial charge in [0.05, 0.1) is 22.3 Å². The third kappa shape index (κ3) is 3.11. The van der Waals surface area contributed by atoms with Crippen LogP contribution in [0.4, 0.5) is 0 Å². The van der Waals surface area contributed by atoms with Crippen molar-refractivity contribution in [3.8, 4) is 0 Å². The fourth-order valence-electron chi connectivity index (χ4n) is 4.48. The zero-order valence-electron chi connectivity index (χ0n) is 17.3. The standard InChI is InChI=1S/C22H29N5O/c1-5-12-27-19-11-7-6-10-18(19)23-21(27)17-9-8-13-26(14-17)22(28)20-15(2)24-25(4)16(20)3/h6-7,10-11,17H,5,8-9,12-14H2,1-4H3. The fourth-order valence-corrected chi connectivity index (χ4v) is 4.48. The van der Waals surface area contributed by atoms with Gasteiger partial charge in [-0.05, 0) is 45.2 Å². The van der Waals surface area contributed by atoms with Gasteiger partial charge in [0.15, 0.2) is 0 Å². The molecule has 1 atom stereocenters. The van der Waals surface area contributed by atoms with Gasteiger partial charge in [0, 0.05) is 38.3 Å². The highest BCUT2D eigenvalue weighted by molar-refractivity contribution is 5.96. The molecule has 0 radical (unpaired) electrons. The Kier molecular flexibility index (Phi) is 4.96. The first-order valence-corrected chi connectivity index (χ1v) is 10.3. The van der Waals surface area contributed by atoms with Crippen LogP contribution in [-0.2, 0) is 13.6 Å². The summed E-state index contributed by atoms with van der Waals surface area (Å²) >= 11 is 0. The summed E-state index contributed by atoms with van der Waals surface area (Å²) in [6.45, 7) is 8.57. The minimum Gasteiger partial charge on any atom is -0.338 e. The maximum atomic E-state index is 13.3. The number of imidazole rings is 1. The van der Waals surface area contributed by atoms with Crippen LogP contribution in [0.25, 0.3) is 11.0 Å². The second-order valence-electron chi connectivity index (χ2n) is 7.87. The van der Waals surface area contributed by atoms with Crippen molar-refractivity contribution in [2.75, 3.05) is 13.1 Å². The van der Waals surface area contributed by atoms with Crippen molar-refractivity contribution in [3.63, 3.8) is 0 Å². The van der Waals surface area contributed by atoms with Crippen LogP contribution in [0, 0.1) is 13.8 Å². The van der Waals surface area contributed by atoms with Gasteiger partial charge in [0.25, 0.3) is 5.91 Å². The lowest BCUT2D eigenvalue weighted by molar-refractivity contribution is 0.0702. The molecular weight excluding hydrogens is 350 g/mol. The number of aryl methyl sites for hydroxylation is 3. The van der Waals surface area contributed by atoms with Crippen LogP contribution >= 0.6 is 0 Å². The highest BCUT2D eigenvalue weighted by Crippen LogP contribution is 2.30. The van der Waals surface area contributed by atoms with Crippen molar-refractivity contribution in [2.45, 2.75) is 52.5 Å². The number of amides is 1. The molecule has 1 saturated heterocycles. The largest absolute Gasteiger partial charge is 0.338 e. The van der Waals surface area contributed by atoms with Crippen LogP contribution < -0.4 is 0 Å². The number of rotatable bonds is 4. The molecule has 6 heteroatoms. The van der Waals surface area contributed by atoms with Crippen molar-refractivity contribution >= 4 is 16.9 Å². The lowest BCUT2D eigenvalue weighted by atomic mass is 9.96. The second-order valence-corrected chi connectivity index (χ2v) is 7.87. The van der Waals surface area contributed by atoms with Crippen LogP contribution in [0.1, 0.15) is 59.7 Å². The molecule has 1 unspecified atom stereocenters. The maximum Gasteiger partial charge on any atom is 0.257 e. The number of carbonyl (C=O) groups is 1. The van der Waals surface area contributed by atoms with Gasteiger partial charge < -0.3 is 9.47 Å². The molecule has 0 spiro atoms. The Morgan fingerprint density at radius 2 is 2.04 bits per heavy atom. The first-order chi connectivity index (χ1) is 13.5. The van der Waals surface area contributed by atoms with Gasteiger partial charge >= 0.3 is 0 Å². The molecule has 3 heterocycles. The Bertz CT molecular complexity index is 1020. The Hall–Kier alpha value is -2.63. The lowest BCUT2D eigenvalue weighted by Crippen LogP contribution is -2.40. The van der Waals surface area contributed by atoms with E-state index in [2.05, 4.69) is 34.8 Å². The lowest BCUT2D eigenvalue weighted by Gasteiger charge is -2.33. The minimum absolute atomic E-state index is 0.103. The normalized spacial score (nSPS) is 17.4. The molecule has 1 fully saturated rings. The Balaban J connectivity index is 1.65. The van der Waals surface area contributed by atoms with Crippen molar-refractivity contribution in [3.05, 3.63) is 47.0 Å². The molecule has 0 saturated carbocycles. The van der Waals surface area contributed by atoms with E-state index in [4.69, 9.17) is 4.98 Å². The molecule has 1 aliphatic heterocycles. The van der Waals surface area contributed by atoms with Gasteiger partial charge in [0.2, 0.25) is 0 Å². The summed E-state index contributed by atoms with van der Waals surface area (Å²) in [6.07, 6.45) is 3.14. The smallest absolute Gasteiger partial charge is 0.257 e. The number of aromatic nitrogens is 4. The Labute approximate surface area is 166 Å². The predicted molar refractivity (Wildman–Crippen MR) is 111 cm³/mol. The summed E-state index contributed by atoms with van der Waals surface area (Å²) < 4.78 is 4.15. The molecule has 2 aromatic heterocycles. The molecule has 0 bridgehead atoms. The average molecular weight is 380 g/mol. The number of benzene rings is 1.